The first-order chi connectivity index (χ1) is 10.4. The van der Waals surface area contributed by atoms with Crippen LogP contribution in [-0.4, -0.2) is 0 Å². The Kier molecular flexibility index (Phi) is 8.67. The summed E-state index contributed by atoms with van der Waals surface area (Å²) in [6.07, 6.45) is 4.89. The van der Waals surface area contributed by atoms with Crippen LogP contribution in [0.2, 0.25) is 0 Å². The molecule has 0 spiro atoms. The minimum absolute atomic E-state index is 0. The van der Waals surface area contributed by atoms with Crippen molar-refractivity contribution in [2.45, 2.75) is 6.42 Å². The first-order valence-corrected chi connectivity index (χ1v) is 7.14. The van der Waals surface area contributed by atoms with Crippen LogP contribution in [0.15, 0.2) is 104 Å². The minimum Gasteiger partial charge on any atom is -0.748 e. The molecule has 0 aromatic heterocycles. The Morgan fingerprint density at radius 3 is 1.95 bits per heavy atom. The summed E-state index contributed by atoms with van der Waals surface area (Å²) in [5, 5.41) is 0. The average molecular weight is 328 g/mol. The number of rotatable bonds is 4. The van der Waals surface area contributed by atoms with Crippen LogP contribution in [0.3, 0.4) is 0 Å². The zero-order valence-electron chi connectivity index (χ0n) is 12.5. The summed E-state index contributed by atoms with van der Waals surface area (Å²) in [7, 11) is 0. The standard InChI is InChI=1S/C16H15.C5H5.Fe/c1-2-8-16(15-11-6-7-12-15)13-14-9-4-3-5-10-14;1-2-4-5-3-1;/h2-12H,1,13H2;1-5H;/q-1;-5;. The first kappa shape index (κ1) is 18.0. The van der Waals surface area contributed by atoms with E-state index in [1.54, 1.807) is 0 Å². The van der Waals surface area contributed by atoms with Gasteiger partial charge in [0, 0.05) is 17.1 Å². The van der Waals surface area contributed by atoms with Gasteiger partial charge < -0.3 is 30.3 Å². The second-order valence-electron chi connectivity index (χ2n) is 4.73. The van der Waals surface area contributed by atoms with E-state index in [4.69, 9.17) is 0 Å². The van der Waals surface area contributed by atoms with Crippen molar-refractivity contribution in [3.8, 4) is 0 Å². The summed E-state index contributed by atoms with van der Waals surface area (Å²) in [5.41, 5.74) is 3.92. The molecule has 0 heterocycles. The topological polar surface area (TPSA) is 0 Å². The molecule has 3 aromatic rings. The molecule has 0 unspecified atom stereocenters. The number of hydrogen-bond donors (Lipinski definition) is 0. The predicted molar refractivity (Wildman–Crippen MR) is 92.4 cm³/mol. The Bertz CT molecular complexity index is 611. The summed E-state index contributed by atoms with van der Waals surface area (Å²) < 4.78 is 0. The van der Waals surface area contributed by atoms with Gasteiger partial charge in [-0.25, -0.2) is 0 Å². The molecular weight excluding hydrogens is 308 g/mol. The fourth-order valence-electron chi connectivity index (χ4n) is 2.12. The van der Waals surface area contributed by atoms with Crippen molar-refractivity contribution in [3.63, 3.8) is 0 Å². The van der Waals surface area contributed by atoms with Crippen molar-refractivity contribution in [2.24, 2.45) is 0 Å². The van der Waals surface area contributed by atoms with Gasteiger partial charge in [-0.15, -0.1) is 42.0 Å². The van der Waals surface area contributed by atoms with Crippen molar-refractivity contribution < 1.29 is 17.1 Å². The Morgan fingerprint density at radius 1 is 0.909 bits per heavy atom. The van der Waals surface area contributed by atoms with E-state index in [-0.39, 0.29) is 17.1 Å². The maximum Gasteiger partial charge on any atom is 0 e. The molecule has 0 atom stereocenters. The normalized spacial score (nSPS) is 10.1. The van der Waals surface area contributed by atoms with E-state index in [2.05, 4.69) is 61.2 Å². The van der Waals surface area contributed by atoms with Crippen molar-refractivity contribution in [2.75, 3.05) is 0 Å². The molecule has 118 valence electrons. The third kappa shape index (κ3) is 6.13. The van der Waals surface area contributed by atoms with E-state index in [0.717, 1.165) is 6.42 Å². The summed E-state index contributed by atoms with van der Waals surface area (Å²) in [6.45, 7) is 3.78. The zero-order chi connectivity index (χ0) is 14.8. The van der Waals surface area contributed by atoms with Crippen molar-refractivity contribution >= 4 is 5.57 Å². The van der Waals surface area contributed by atoms with E-state index < -0.39 is 0 Å². The Hall–Kier alpha value is -2.08. The molecule has 22 heavy (non-hydrogen) atoms. The van der Waals surface area contributed by atoms with Crippen LogP contribution in [0.4, 0.5) is 0 Å². The van der Waals surface area contributed by atoms with Gasteiger partial charge in [-0.1, -0.05) is 30.3 Å². The molecule has 0 aliphatic rings. The molecule has 0 aliphatic carbocycles. The second kappa shape index (κ2) is 10.6. The zero-order valence-corrected chi connectivity index (χ0v) is 13.6. The minimum atomic E-state index is 0. The van der Waals surface area contributed by atoms with Crippen molar-refractivity contribution in [3.05, 3.63) is 115 Å². The van der Waals surface area contributed by atoms with Crippen LogP contribution in [0.1, 0.15) is 11.1 Å². The van der Waals surface area contributed by atoms with Gasteiger partial charge in [-0.3, -0.25) is 0 Å². The predicted octanol–water partition coefficient (Wildman–Crippen LogP) is 5.62. The quantitative estimate of drug-likeness (QED) is 0.331. The van der Waals surface area contributed by atoms with Gasteiger partial charge in [0.2, 0.25) is 0 Å². The van der Waals surface area contributed by atoms with E-state index in [1.807, 2.05) is 42.5 Å². The van der Waals surface area contributed by atoms with Crippen LogP contribution in [0.25, 0.3) is 5.57 Å². The van der Waals surface area contributed by atoms with Crippen LogP contribution < -0.4 is 0 Å². The molecule has 0 fully saturated rings. The SMILES string of the molecule is C=CC=C(Cc1ccccc1)[c-]1cccc1.[Fe].[cH-]1[cH-][cH-][cH-][cH-]1. The molecule has 0 N–H and O–H groups in total. The van der Waals surface area contributed by atoms with Gasteiger partial charge in [-0.05, 0) is 12.0 Å². The van der Waals surface area contributed by atoms with Crippen LogP contribution >= 0.6 is 0 Å². The summed E-state index contributed by atoms with van der Waals surface area (Å²) in [4.78, 5) is 0. The number of benzene rings is 1. The smallest absolute Gasteiger partial charge is 0 e. The molecule has 0 nitrogen and oxygen atoms in total. The molecule has 0 amide bonds. The van der Waals surface area contributed by atoms with Gasteiger partial charge in [0.15, 0.2) is 0 Å². The van der Waals surface area contributed by atoms with Crippen molar-refractivity contribution in [1.29, 1.82) is 0 Å². The Labute approximate surface area is 144 Å². The van der Waals surface area contributed by atoms with E-state index in [0.29, 0.717) is 0 Å². The van der Waals surface area contributed by atoms with Gasteiger partial charge in [0.25, 0.3) is 0 Å². The maximum absolute atomic E-state index is 3.78. The largest absolute Gasteiger partial charge is 0.748 e. The van der Waals surface area contributed by atoms with Gasteiger partial charge >= 0.3 is 0 Å². The van der Waals surface area contributed by atoms with Gasteiger partial charge in [0.05, 0.1) is 0 Å². The first-order valence-electron chi connectivity index (χ1n) is 7.14. The summed E-state index contributed by atoms with van der Waals surface area (Å²) in [6, 6.07) is 28.9. The third-order valence-electron chi connectivity index (χ3n) is 3.15. The molecule has 0 aliphatic heterocycles. The fourth-order valence-corrected chi connectivity index (χ4v) is 2.12. The summed E-state index contributed by atoms with van der Waals surface area (Å²) >= 11 is 0. The van der Waals surface area contributed by atoms with E-state index in [9.17, 15) is 0 Å². The van der Waals surface area contributed by atoms with Crippen LogP contribution in [-0.2, 0) is 23.5 Å². The Balaban J connectivity index is 0.000000344. The van der Waals surface area contributed by atoms with Crippen LogP contribution in [0.5, 0.6) is 0 Å². The third-order valence-corrected chi connectivity index (χ3v) is 3.15. The average Bonchev–Trinajstić information content (AvgIpc) is 3.24. The fraction of sp³-hybridized carbons (Fsp3) is 0.0476. The molecule has 0 radical (unpaired) electrons. The van der Waals surface area contributed by atoms with Gasteiger partial charge in [0.1, 0.15) is 0 Å². The number of hydrogen-bond acceptors (Lipinski definition) is 0. The van der Waals surface area contributed by atoms with E-state index in [1.165, 1.54) is 16.7 Å². The molecule has 3 aromatic carbocycles. The Morgan fingerprint density at radius 2 is 1.45 bits per heavy atom. The molecule has 3 rings (SSSR count). The van der Waals surface area contributed by atoms with Crippen molar-refractivity contribution in [1.82, 2.24) is 0 Å². The molecular formula is C21H20Fe-6. The molecule has 1 heteroatoms. The van der Waals surface area contributed by atoms with E-state index >= 15 is 0 Å². The number of allylic oxidation sites excluding steroid dienone is 3. The molecule has 0 saturated heterocycles. The summed E-state index contributed by atoms with van der Waals surface area (Å²) in [5.74, 6) is 0. The van der Waals surface area contributed by atoms with Crippen LogP contribution in [0, 0.1) is 0 Å². The monoisotopic (exact) mass is 328 g/mol. The molecule has 0 saturated carbocycles. The maximum atomic E-state index is 3.78. The second-order valence-corrected chi connectivity index (χ2v) is 4.73. The van der Waals surface area contributed by atoms with Gasteiger partial charge in [-0.2, -0.15) is 12.1 Å². The molecule has 0 bridgehead atoms.